The Morgan fingerprint density at radius 3 is 2.14 bits per heavy atom. The highest BCUT2D eigenvalue weighted by molar-refractivity contribution is 5.95. The van der Waals surface area contributed by atoms with Crippen molar-refractivity contribution in [2.24, 2.45) is 5.41 Å². The molecule has 0 atom stereocenters. The van der Waals surface area contributed by atoms with Crippen LogP contribution < -0.4 is 0 Å². The van der Waals surface area contributed by atoms with Crippen molar-refractivity contribution in [1.29, 1.82) is 0 Å². The second kappa shape index (κ2) is 6.35. The summed E-state index contributed by atoms with van der Waals surface area (Å²) >= 11 is 0. The van der Waals surface area contributed by atoms with Gasteiger partial charge < -0.3 is 4.90 Å². The highest BCUT2D eigenvalue weighted by Gasteiger charge is 2.12. The van der Waals surface area contributed by atoms with Gasteiger partial charge in [-0.3, -0.25) is 4.79 Å². The third-order valence-corrected chi connectivity index (χ3v) is 3.54. The van der Waals surface area contributed by atoms with E-state index in [1.54, 1.807) is 19.0 Å². The van der Waals surface area contributed by atoms with Crippen molar-refractivity contribution in [3.8, 4) is 11.1 Å². The van der Waals surface area contributed by atoms with Crippen LogP contribution in [-0.4, -0.2) is 24.9 Å². The average molecular weight is 295 g/mol. The van der Waals surface area contributed by atoms with E-state index < -0.39 is 0 Å². The molecule has 2 aromatic rings. The fourth-order valence-corrected chi connectivity index (χ4v) is 2.52. The van der Waals surface area contributed by atoms with E-state index in [2.05, 4.69) is 45.0 Å². The summed E-state index contributed by atoms with van der Waals surface area (Å²) in [7, 11) is 3.55. The molecule has 22 heavy (non-hydrogen) atoms. The molecular weight excluding hydrogens is 270 g/mol. The third-order valence-electron chi connectivity index (χ3n) is 3.54. The largest absolute Gasteiger partial charge is 0.345 e. The SMILES string of the molecule is CN(C)C(=O)c1cccc(-c2ccc(CC(C)(C)C)cc2)c1. The molecule has 0 saturated carbocycles. The van der Waals surface area contributed by atoms with Crippen molar-refractivity contribution in [3.05, 3.63) is 59.7 Å². The zero-order chi connectivity index (χ0) is 16.3. The Bertz CT molecular complexity index is 648. The van der Waals surface area contributed by atoms with Gasteiger partial charge in [-0.1, -0.05) is 57.2 Å². The van der Waals surface area contributed by atoms with E-state index in [1.165, 1.54) is 5.56 Å². The molecule has 0 fully saturated rings. The summed E-state index contributed by atoms with van der Waals surface area (Å²) in [5.74, 6) is 0.0335. The van der Waals surface area contributed by atoms with E-state index in [0.717, 1.165) is 23.1 Å². The summed E-state index contributed by atoms with van der Waals surface area (Å²) in [5.41, 5.74) is 4.58. The quantitative estimate of drug-likeness (QED) is 0.807. The molecule has 0 aliphatic rings. The maximum atomic E-state index is 12.1. The molecule has 0 aliphatic heterocycles. The second-order valence-electron chi connectivity index (χ2n) is 7.21. The Kier molecular flexibility index (Phi) is 4.70. The van der Waals surface area contributed by atoms with Gasteiger partial charge in [-0.25, -0.2) is 0 Å². The van der Waals surface area contributed by atoms with Crippen molar-refractivity contribution >= 4 is 5.91 Å². The van der Waals surface area contributed by atoms with Gasteiger partial charge in [0.15, 0.2) is 0 Å². The minimum atomic E-state index is 0.0335. The lowest BCUT2D eigenvalue weighted by molar-refractivity contribution is 0.0827. The van der Waals surface area contributed by atoms with E-state index in [1.807, 2.05) is 24.3 Å². The zero-order valence-electron chi connectivity index (χ0n) is 14.2. The van der Waals surface area contributed by atoms with Crippen LogP contribution in [0.25, 0.3) is 11.1 Å². The first-order valence-corrected chi connectivity index (χ1v) is 7.67. The molecule has 2 nitrogen and oxygen atoms in total. The maximum Gasteiger partial charge on any atom is 0.253 e. The average Bonchev–Trinajstić information content (AvgIpc) is 2.45. The Morgan fingerprint density at radius 1 is 0.955 bits per heavy atom. The maximum absolute atomic E-state index is 12.1. The van der Waals surface area contributed by atoms with Crippen LogP contribution in [-0.2, 0) is 6.42 Å². The Hall–Kier alpha value is -2.09. The lowest BCUT2D eigenvalue weighted by Crippen LogP contribution is -2.21. The number of benzene rings is 2. The Labute approximate surface area is 133 Å². The van der Waals surface area contributed by atoms with E-state index in [4.69, 9.17) is 0 Å². The first-order chi connectivity index (χ1) is 10.3. The van der Waals surface area contributed by atoms with Gasteiger partial charge in [-0.2, -0.15) is 0 Å². The lowest BCUT2D eigenvalue weighted by atomic mass is 9.87. The molecule has 2 heteroatoms. The Balaban J connectivity index is 2.25. The standard InChI is InChI=1S/C20H25NO/c1-20(2,3)14-15-9-11-16(12-10-15)17-7-6-8-18(13-17)19(22)21(4)5/h6-13H,14H2,1-5H3. The first kappa shape index (κ1) is 16.3. The van der Waals surface area contributed by atoms with Crippen LogP contribution in [0.1, 0.15) is 36.7 Å². The fourth-order valence-electron chi connectivity index (χ4n) is 2.52. The van der Waals surface area contributed by atoms with Gasteiger partial charge in [-0.15, -0.1) is 0 Å². The molecule has 116 valence electrons. The van der Waals surface area contributed by atoms with Gasteiger partial charge in [0, 0.05) is 19.7 Å². The fraction of sp³-hybridized carbons (Fsp3) is 0.350. The van der Waals surface area contributed by atoms with Crippen LogP contribution in [0.2, 0.25) is 0 Å². The van der Waals surface area contributed by atoms with Crippen LogP contribution in [0.3, 0.4) is 0 Å². The molecular formula is C20H25NO. The summed E-state index contributed by atoms with van der Waals surface area (Å²) in [6.07, 6.45) is 1.06. The van der Waals surface area contributed by atoms with Gasteiger partial charge >= 0.3 is 0 Å². The highest BCUT2D eigenvalue weighted by atomic mass is 16.2. The molecule has 2 rings (SSSR count). The Morgan fingerprint density at radius 2 is 1.59 bits per heavy atom. The molecule has 0 heterocycles. The number of carbonyl (C=O) groups excluding carboxylic acids is 1. The molecule has 0 aromatic heterocycles. The highest BCUT2D eigenvalue weighted by Crippen LogP contribution is 2.25. The molecule has 0 unspecified atom stereocenters. The van der Waals surface area contributed by atoms with Crippen molar-refractivity contribution in [3.63, 3.8) is 0 Å². The number of rotatable bonds is 3. The number of nitrogens with zero attached hydrogens (tertiary/aromatic N) is 1. The summed E-state index contributed by atoms with van der Waals surface area (Å²) in [5, 5.41) is 0. The van der Waals surface area contributed by atoms with E-state index in [0.29, 0.717) is 5.41 Å². The van der Waals surface area contributed by atoms with Gasteiger partial charge in [0.05, 0.1) is 0 Å². The van der Waals surface area contributed by atoms with Gasteiger partial charge in [0.1, 0.15) is 0 Å². The van der Waals surface area contributed by atoms with E-state index >= 15 is 0 Å². The number of hydrogen-bond donors (Lipinski definition) is 0. The normalized spacial score (nSPS) is 11.3. The van der Waals surface area contributed by atoms with Crippen LogP contribution in [0.15, 0.2) is 48.5 Å². The zero-order valence-corrected chi connectivity index (χ0v) is 14.2. The van der Waals surface area contributed by atoms with E-state index in [-0.39, 0.29) is 5.91 Å². The van der Waals surface area contributed by atoms with Crippen LogP contribution in [0, 0.1) is 5.41 Å². The van der Waals surface area contributed by atoms with Crippen LogP contribution >= 0.6 is 0 Å². The molecule has 1 amide bonds. The number of carbonyl (C=O) groups is 1. The van der Waals surface area contributed by atoms with Gasteiger partial charge in [0.2, 0.25) is 0 Å². The molecule has 0 saturated heterocycles. The number of amides is 1. The van der Waals surface area contributed by atoms with Crippen LogP contribution in [0.5, 0.6) is 0 Å². The molecule has 2 aromatic carbocycles. The minimum absolute atomic E-state index is 0.0335. The first-order valence-electron chi connectivity index (χ1n) is 7.67. The van der Waals surface area contributed by atoms with Crippen LogP contribution in [0.4, 0.5) is 0 Å². The van der Waals surface area contributed by atoms with Crippen molar-refractivity contribution in [1.82, 2.24) is 4.90 Å². The minimum Gasteiger partial charge on any atom is -0.345 e. The summed E-state index contributed by atoms with van der Waals surface area (Å²) in [4.78, 5) is 13.7. The predicted molar refractivity (Wildman–Crippen MR) is 93.1 cm³/mol. The predicted octanol–water partition coefficient (Wildman–Crippen LogP) is 4.64. The smallest absolute Gasteiger partial charge is 0.253 e. The second-order valence-corrected chi connectivity index (χ2v) is 7.21. The third kappa shape index (κ3) is 4.20. The van der Waals surface area contributed by atoms with E-state index in [9.17, 15) is 4.79 Å². The van der Waals surface area contributed by atoms with Crippen molar-refractivity contribution in [2.75, 3.05) is 14.1 Å². The summed E-state index contributed by atoms with van der Waals surface area (Å²) in [6, 6.07) is 16.4. The molecule has 0 bridgehead atoms. The van der Waals surface area contributed by atoms with Crippen molar-refractivity contribution in [2.45, 2.75) is 27.2 Å². The topological polar surface area (TPSA) is 20.3 Å². The monoisotopic (exact) mass is 295 g/mol. The molecule has 0 aliphatic carbocycles. The molecule has 0 N–H and O–H groups in total. The summed E-state index contributed by atoms with van der Waals surface area (Å²) in [6.45, 7) is 6.74. The lowest BCUT2D eigenvalue weighted by Gasteiger charge is -2.18. The molecule has 0 spiro atoms. The molecule has 0 radical (unpaired) electrons. The van der Waals surface area contributed by atoms with Gasteiger partial charge in [0.25, 0.3) is 5.91 Å². The number of hydrogen-bond acceptors (Lipinski definition) is 1. The van der Waals surface area contributed by atoms with Gasteiger partial charge in [-0.05, 0) is 40.7 Å². The van der Waals surface area contributed by atoms with Crippen molar-refractivity contribution < 1.29 is 4.79 Å². The summed E-state index contributed by atoms with van der Waals surface area (Å²) < 4.78 is 0.